The molecule has 0 saturated heterocycles. The molecule has 12 rings (SSSR count). The molecule has 4 aromatic heterocycles. The lowest BCUT2D eigenvalue weighted by atomic mass is 9.67. The van der Waals surface area contributed by atoms with Gasteiger partial charge in [0.1, 0.15) is 22.6 Å². The third-order valence-corrected chi connectivity index (χ3v) is 12.9. The van der Waals surface area contributed by atoms with Gasteiger partial charge in [-0.05, 0) is 105 Å². The lowest BCUT2D eigenvalue weighted by molar-refractivity contribution is 0.581. The second kappa shape index (κ2) is 14.9. The molecule has 0 atom stereocenters. The van der Waals surface area contributed by atoms with Gasteiger partial charge in [0.2, 0.25) is 11.8 Å². The molecular weight excluding hydrogens is 797 g/mol. The van der Waals surface area contributed by atoms with Crippen molar-refractivity contribution < 1.29 is 4.42 Å². The zero-order chi connectivity index (χ0) is 43.7. The van der Waals surface area contributed by atoms with Crippen molar-refractivity contribution in [2.45, 2.75) is 31.6 Å². The molecule has 310 valence electrons. The van der Waals surface area contributed by atoms with Crippen molar-refractivity contribution >= 4 is 21.9 Å². The predicted octanol–water partition coefficient (Wildman–Crippen LogP) is 13.7. The van der Waals surface area contributed by atoms with Crippen LogP contribution in [0, 0.1) is 0 Å². The van der Waals surface area contributed by atoms with Gasteiger partial charge in [-0.25, -0.2) is 9.97 Å². The van der Waals surface area contributed by atoms with Crippen LogP contribution in [0.2, 0.25) is 0 Å². The van der Waals surface area contributed by atoms with E-state index in [2.05, 4.69) is 199 Å². The standard InChI is InChI=1S/C58H42N6O/c1-57(2,3)40-30-26-37(27-31-40)55-62-63-56(65-55)39-29-33-45-44-32-28-38(35-47(44)58(48(45)36-39,41-17-7-4-8-18-41)42-19-9-5-10-20-42)54-61-51-46-23-13-14-24-49(46)60-52(50-25-15-16-34-59-50)53(51)64(54)43-21-11-6-12-22-43/h4-36H,1-3H3. The lowest BCUT2D eigenvalue weighted by Gasteiger charge is -2.34. The first-order chi connectivity index (χ1) is 31.9. The fourth-order valence-electron chi connectivity index (χ4n) is 9.81. The van der Waals surface area contributed by atoms with Gasteiger partial charge >= 0.3 is 0 Å². The Hall–Kier alpha value is -8.29. The highest BCUT2D eigenvalue weighted by molar-refractivity contribution is 6.09. The minimum Gasteiger partial charge on any atom is -0.416 e. The predicted molar refractivity (Wildman–Crippen MR) is 260 cm³/mol. The number of aromatic nitrogens is 6. The topological polar surface area (TPSA) is 82.5 Å². The molecule has 0 amide bonds. The Labute approximate surface area is 376 Å². The molecule has 0 aliphatic heterocycles. The van der Waals surface area contributed by atoms with E-state index in [1.807, 2.05) is 36.5 Å². The molecule has 1 aliphatic rings. The van der Waals surface area contributed by atoms with E-state index >= 15 is 0 Å². The van der Waals surface area contributed by atoms with E-state index in [0.717, 1.165) is 94.9 Å². The van der Waals surface area contributed by atoms with E-state index in [4.69, 9.17) is 19.4 Å². The van der Waals surface area contributed by atoms with Gasteiger partial charge in [-0.2, -0.15) is 0 Å². The number of imidazole rings is 1. The second-order valence-corrected chi connectivity index (χ2v) is 17.7. The molecule has 65 heavy (non-hydrogen) atoms. The summed E-state index contributed by atoms with van der Waals surface area (Å²) in [5, 5.41) is 10.2. The first kappa shape index (κ1) is 38.4. The molecule has 0 bridgehead atoms. The zero-order valence-electron chi connectivity index (χ0n) is 36.1. The maximum Gasteiger partial charge on any atom is 0.248 e. The fourth-order valence-corrected chi connectivity index (χ4v) is 9.81. The van der Waals surface area contributed by atoms with Crippen LogP contribution >= 0.6 is 0 Å². The van der Waals surface area contributed by atoms with Gasteiger partial charge in [-0.3, -0.25) is 9.55 Å². The van der Waals surface area contributed by atoms with Crippen LogP contribution in [-0.2, 0) is 10.8 Å². The summed E-state index contributed by atoms with van der Waals surface area (Å²) < 4.78 is 8.75. The number of nitrogens with zero attached hydrogens (tertiary/aromatic N) is 6. The molecule has 0 fully saturated rings. The highest BCUT2D eigenvalue weighted by atomic mass is 16.4. The minimum atomic E-state index is -0.720. The van der Waals surface area contributed by atoms with E-state index in [1.54, 1.807) is 0 Å². The third-order valence-electron chi connectivity index (χ3n) is 12.9. The van der Waals surface area contributed by atoms with Gasteiger partial charge in [-0.15, -0.1) is 10.2 Å². The van der Waals surface area contributed by atoms with E-state index in [9.17, 15) is 0 Å². The molecule has 1 aliphatic carbocycles. The van der Waals surface area contributed by atoms with Crippen molar-refractivity contribution in [2.24, 2.45) is 0 Å². The number of hydrogen-bond donors (Lipinski definition) is 0. The highest BCUT2D eigenvalue weighted by Gasteiger charge is 2.47. The van der Waals surface area contributed by atoms with E-state index in [0.29, 0.717) is 11.8 Å². The number of para-hydroxylation sites is 2. The molecule has 7 nitrogen and oxygen atoms in total. The zero-order valence-corrected chi connectivity index (χ0v) is 36.1. The minimum absolute atomic E-state index is 0.0398. The molecule has 7 heteroatoms. The maximum absolute atomic E-state index is 6.49. The van der Waals surface area contributed by atoms with E-state index in [1.165, 1.54) is 5.56 Å². The molecule has 7 aromatic carbocycles. The summed E-state index contributed by atoms with van der Waals surface area (Å²) >= 11 is 0. The van der Waals surface area contributed by atoms with Gasteiger partial charge in [0.25, 0.3) is 0 Å². The average Bonchev–Trinajstić information content (AvgIpc) is 4.09. The Morgan fingerprint density at radius 3 is 1.74 bits per heavy atom. The summed E-state index contributed by atoms with van der Waals surface area (Å²) in [6.07, 6.45) is 1.82. The summed E-state index contributed by atoms with van der Waals surface area (Å²) in [5.41, 5.74) is 15.3. The Kier molecular flexibility index (Phi) is 8.81. The normalized spacial score (nSPS) is 13.0. The van der Waals surface area contributed by atoms with Crippen molar-refractivity contribution in [3.63, 3.8) is 0 Å². The van der Waals surface area contributed by atoms with Crippen LogP contribution in [0.5, 0.6) is 0 Å². The van der Waals surface area contributed by atoms with Crippen LogP contribution in [-0.4, -0.2) is 29.7 Å². The largest absolute Gasteiger partial charge is 0.416 e. The Bertz CT molecular complexity index is 3520. The average molecular weight is 839 g/mol. The van der Waals surface area contributed by atoms with Crippen molar-refractivity contribution in [1.82, 2.24) is 29.7 Å². The first-order valence-corrected chi connectivity index (χ1v) is 22.0. The number of hydrogen-bond acceptors (Lipinski definition) is 6. The summed E-state index contributed by atoms with van der Waals surface area (Å²) in [6.45, 7) is 6.64. The summed E-state index contributed by atoms with van der Waals surface area (Å²) in [4.78, 5) is 15.7. The van der Waals surface area contributed by atoms with Crippen LogP contribution < -0.4 is 0 Å². The molecule has 0 N–H and O–H groups in total. The Morgan fingerprint density at radius 1 is 0.523 bits per heavy atom. The molecule has 0 radical (unpaired) electrons. The van der Waals surface area contributed by atoms with Gasteiger partial charge in [-0.1, -0.05) is 154 Å². The van der Waals surface area contributed by atoms with Gasteiger partial charge in [0.15, 0.2) is 0 Å². The lowest BCUT2D eigenvalue weighted by Crippen LogP contribution is -2.28. The quantitative estimate of drug-likeness (QED) is 0.159. The summed E-state index contributed by atoms with van der Waals surface area (Å²) in [6, 6.07) is 68.2. The first-order valence-electron chi connectivity index (χ1n) is 22.0. The van der Waals surface area contributed by atoms with Gasteiger partial charge in [0.05, 0.1) is 16.6 Å². The smallest absolute Gasteiger partial charge is 0.248 e. The Balaban J connectivity index is 1.10. The number of rotatable bonds is 7. The van der Waals surface area contributed by atoms with Crippen LogP contribution in [0.15, 0.2) is 205 Å². The summed E-state index contributed by atoms with van der Waals surface area (Å²) in [7, 11) is 0. The van der Waals surface area contributed by atoms with Gasteiger partial charge < -0.3 is 4.42 Å². The van der Waals surface area contributed by atoms with Crippen molar-refractivity contribution in [1.29, 1.82) is 0 Å². The number of pyridine rings is 2. The fraction of sp³-hybridized carbons (Fsp3) is 0.0862. The number of fused-ring (bicyclic) bond motifs is 6. The third kappa shape index (κ3) is 6.15. The molecule has 0 saturated carbocycles. The molecule has 0 spiro atoms. The summed E-state index contributed by atoms with van der Waals surface area (Å²) in [5.74, 6) is 1.77. The monoisotopic (exact) mass is 838 g/mol. The van der Waals surface area contributed by atoms with Crippen molar-refractivity contribution in [3.05, 3.63) is 228 Å². The van der Waals surface area contributed by atoms with Crippen LogP contribution in [0.4, 0.5) is 0 Å². The van der Waals surface area contributed by atoms with Crippen LogP contribution in [0.1, 0.15) is 48.6 Å². The SMILES string of the molecule is CC(C)(C)c1ccc(-c2nnc(-c3ccc4c(c3)C(c3ccccc3)(c3ccccc3)c3cc(-c5nc6c7ccccc7nc(-c7ccccn7)c6n5-c5ccccc5)ccc3-4)o2)cc1. The van der Waals surface area contributed by atoms with E-state index < -0.39 is 5.41 Å². The van der Waals surface area contributed by atoms with Gasteiger partial charge in [0, 0.05) is 34.0 Å². The number of benzene rings is 7. The Morgan fingerprint density at radius 2 is 1.09 bits per heavy atom. The maximum atomic E-state index is 6.49. The second-order valence-electron chi connectivity index (χ2n) is 17.7. The van der Waals surface area contributed by atoms with Crippen LogP contribution in [0.25, 0.3) is 84.4 Å². The molecule has 11 aromatic rings. The molecular formula is C58H42N6O. The molecule has 0 unspecified atom stereocenters. The highest BCUT2D eigenvalue weighted by Crippen LogP contribution is 2.57. The van der Waals surface area contributed by atoms with Crippen molar-refractivity contribution in [2.75, 3.05) is 0 Å². The van der Waals surface area contributed by atoms with Crippen molar-refractivity contribution in [3.8, 4) is 62.5 Å². The van der Waals surface area contributed by atoms with E-state index in [-0.39, 0.29) is 5.41 Å². The van der Waals surface area contributed by atoms with Crippen LogP contribution in [0.3, 0.4) is 0 Å². The molecule has 4 heterocycles.